The molecule has 0 radical (unpaired) electrons. The molecule has 1 N–H and O–H groups in total. The van der Waals surface area contributed by atoms with Gasteiger partial charge in [-0.2, -0.15) is 0 Å². The zero-order valence-corrected chi connectivity index (χ0v) is 18.1. The first-order valence-electron chi connectivity index (χ1n) is 9.28. The van der Waals surface area contributed by atoms with E-state index in [0.29, 0.717) is 49.7 Å². The minimum absolute atomic E-state index is 0.0984. The molecule has 0 fully saturated rings. The Morgan fingerprint density at radius 3 is 2.34 bits per heavy atom. The fourth-order valence-corrected chi connectivity index (χ4v) is 3.36. The number of phenolic OH excluding ortho intramolecular Hbond substituents is 1. The molecule has 0 aromatic heterocycles. The van der Waals surface area contributed by atoms with Crippen LogP contribution in [-0.4, -0.2) is 56.3 Å². The number of allylic oxidation sites excluding steroid dienone is 1. The predicted octanol–water partition coefficient (Wildman–Crippen LogP) is 3.87. The molecule has 0 atom stereocenters. The van der Waals surface area contributed by atoms with Crippen molar-refractivity contribution in [3.05, 3.63) is 63.3 Å². The number of ketones is 1. The van der Waals surface area contributed by atoms with Gasteiger partial charge in [-0.05, 0) is 35.9 Å². The van der Waals surface area contributed by atoms with Crippen molar-refractivity contribution < 1.29 is 24.1 Å². The molecule has 0 amide bonds. The van der Waals surface area contributed by atoms with E-state index in [9.17, 15) is 9.90 Å². The van der Waals surface area contributed by atoms with E-state index >= 15 is 0 Å². The minimum Gasteiger partial charge on any atom is -0.507 e. The van der Waals surface area contributed by atoms with Crippen LogP contribution >= 0.6 is 15.9 Å². The van der Waals surface area contributed by atoms with E-state index in [-0.39, 0.29) is 17.3 Å². The Kier molecular flexibility index (Phi) is 7.44. The fourth-order valence-electron chi connectivity index (χ4n) is 3.09. The summed E-state index contributed by atoms with van der Waals surface area (Å²) in [5.74, 6) is 0.568. The van der Waals surface area contributed by atoms with Gasteiger partial charge in [-0.3, -0.25) is 9.69 Å². The SMILES string of the molecule is COCCN(CCOC)Cc1c(O)ccc2c1O/C(=C\c1ccc(Br)cc1)C2=O. The van der Waals surface area contributed by atoms with Gasteiger partial charge in [0.15, 0.2) is 5.76 Å². The summed E-state index contributed by atoms with van der Waals surface area (Å²) in [6.07, 6.45) is 1.71. The number of phenols is 1. The van der Waals surface area contributed by atoms with E-state index < -0.39 is 0 Å². The number of ether oxygens (including phenoxy) is 3. The highest BCUT2D eigenvalue weighted by Gasteiger charge is 2.31. The number of rotatable bonds is 9. The number of fused-ring (bicyclic) bond motifs is 1. The zero-order valence-electron chi connectivity index (χ0n) is 16.5. The number of benzene rings is 2. The molecule has 6 nitrogen and oxygen atoms in total. The Bertz CT molecular complexity index is 887. The average molecular weight is 462 g/mol. The molecule has 7 heteroatoms. The summed E-state index contributed by atoms with van der Waals surface area (Å²) >= 11 is 3.40. The molecule has 0 saturated carbocycles. The second kappa shape index (κ2) is 10.0. The third-order valence-electron chi connectivity index (χ3n) is 4.69. The Hall–Kier alpha value is -2.19. The molecule has 1 aliphatic rings. The summed E-state index contributed by atoms with van der Waals surface area (Å²) in [5, 5.41) is 10.5. The number of aromatic hydroxyl groups is 1. The van der Waals surface area contributed by atoms with Crippen LogP contribution in [0.3, 0.4) is 0 Å². The molecule has 2 aromatic carbocycles. The largest absolute Gasteiger partial charge is 0.507 e. The molecule has 3 rings (SSSR count). The van der Waals surface area contributed by atoms with Crippen LogP contribution in [-0.2, 0) is 16.0 Å². The number of carbonyl (C=O) groups excluding carboxylic acids is 1. The third-order valence-corrected chi connectivity index (χ3v) is 5.22. The molecular formula is C22H24BrNO5. The summed E-state index contributed by atoms with van der Waals surface area (Å²) in [6, 6.07) is 10.7. The molecule has 0 spiro atoms. The van der Waals surface area contributed by atoms with Gasteiger partial charge in [-0.25, -0.2) is 0 Å². The van der Waals surface area contributed by atoms with Gasteiger partial charge in [0.2, 0.25) is 5.78 Å². The van der Waals surface area contributed by atoms with Crippen molar-refractivity contribution in [2.45, 2.75) is 6.54 Å². The van der Waals surface area contributed by atoms with Crippen molar-refractivity contribution in [1.29, 1.82) is 0 Å². The monoisotopic (exact) mass is 461 g/mol. The summed E-state index contributed by atoms with van der Waals surface area (Å²) < 4.78 is 17.2. The van der Waals surface area contributed by atoms with E-state index in [0.717, 1.165) is 10.0 Å². The van der Waals surface area contributed by atoms with Gasteiger partial charge in [-0.1, -0.05) is 28.1 Å². The van der Waals surface area contributed by atoms with E-state index in [1.807, 2.05) is 24.3 Å². The van der Waals surface area contributed by atoms with Crippen LogP contribution in [0.4, 0.5) is 0 Å². The number of Topliss-reactive ketones (excluding diaryl/α,β-unsaturated/α-hetero) is 1. The molecule has 1 aliphatic heterocycles. The normalized spacial score (nSPS) is 14.5. The van der Waals surface area contributed by atoms with Crippen LogP contribution in [0.25, 0.3) is 6.08 Å². The molecule has 2 aromatic rings. The van der Waals surface area contributed by atoms with Crippen LogP contribution in [0, 0.1) is 0 Å². The average Bonchev–Trinajstić information content (AvgIpc) is 3.03. The quantitative estimate of drug-likeness (QED) is 0.571. The second-order valence-corrected chi connectivity index (χ2v) is 7.61. The fraction of sp³-hybridized carbons (Fsp3) is 0.318. The molecule has 0 unspecified atom stereocenters. The number of halogens is 1. The number of hydrogen-bond donors (Lipinski definition) is 1. The standard InChI is InChI=1S/C22H24BrNO5/c1-27-11-9-24(10-12-28-2)14-18-19(25)8-7-17-21(26)20(29-22(17)18)13-15-3-5-16(23)6-4-15/h3-8,13,25H,9-12,14H2,1-2H3/b20-13-. The first kappa shape index (κ1) is 21.5. The van der Waals surface area contributed by atoms with Gasteiger partial charge < -0.3 is 19.3 Å². The molecule has 0 bridgehead atoms. The van der Waals surface area contributed by atoms with Crippen molar-refractivity contribution in [3.8, 4) is 11.5 Å². The topological polar surface area (TPSA) is 68.2 Å². The molecule has 154 valence electrons. The van der Waals surface area contributed by atoms with Gasteiger partial charge in [0.05, 0.1) is 24.3 Å². The highest BCUT2D eigenvalue weighted by atomic mass is 79.9. The summed E-state index contributed by atoms with van der Waals surface area (Å²) in [4.78, 5) is 14.9. The maximum Gasteiger partial charge on any atom is 0.231 e. The predicted molar refractivity (Wildman–Crippen MR) is 114 cm³/mol. The summed E-state index contributed by atoms with van der Waals surface area (Å²) in [7, 11) is 3.29. The third kappa shape index (κ3) is 5.25. The summed E-state index contributed by atoms with van der Waals surface area (Å²) in [5.41, 5.74) is 1.90. The van der Waals surface area contributed by atoms with Crippen molar-refractivity contribution >= 4 is 27.8 Å². The second-order valence-electron chi connectivity index (χ2n) is 6.69. The number of methoxy groups -OCH3 is 2. The minimum atomic E-state index is -0.190. The Labute approximate surface area is 178 Å². The van der Waals surface area contributed by atoms with Crippen molar-refractivity contribution in [2.75, 3.05) is 40.5 Å². The maximum atomic E-state index is 12.8. The van der Waals surface area contributed by atoms with Crippen LogP contribution in [0.1, 0.15) is 21.5 Å². The first-order valence-corrected chi connectivity index (χ1v) is 10.1. The molecule has 0 saturated heterocycles. The lowest BCUT2D eigenvalue weighted by Crippen LogP contribution is -2.30. The number of carbonyl (C=O) groups is 1. The van der Waals surface area contributed by atoms with Crippen molar-refractivity contribution in [1.82, 2.24) is 4.90 Å². The van der Waals surface area contributed by atoms with Gasteiger partial charge in [-0.15, -0.1) is 0 Å². The highest BCUT2D eigenvalue weighted by Crippen LogP contribution is 2.40. The van der Waals surface area contributed by atoms with Gasteiger partial charge >= 0.3 is 0 Å². The highest BCUT2D eigenvalue weighted by molar-refractivity contribution is 9.10. The molecule has 29 heavy (non-hydrogen) atoms. The van der Waals surface area contributed by atoms with Crippen LogP contribution < -0.4 is 4.74 Å². The molecular weight excluding hydrogens is 438 g/mol. The van der Waals surface area contributed by atoms with E-state index in [2.05, 4.69) is 20.8 Å². The maximum absolute atomic E-state index is 12.8. The van der Waals surface area contributed by atoms with Gasteiger partial charge in [0, 0.05) is 38.3 Å². The van der Waals surface area contributed by atoms with Crippen molar-refractivity contribution in [3.63, 3.8) is 0 Å². The van der Waals surface area contributed by atoms with Gasteiger partial charge in [0.1, 0.15) is 11.5 Å². The lowest BCUT2D eigenvalue weighted by Gasteiger charge is -2.23. The Morgan fingerprint density at radius 2 is 1.72 bits per heavy atom. The van der Waals surface area contributed by atoms with Crippen molar-refractivity contribution in [2.24, 2.45) is 0 Å². The van der Waals surface area contributed by atoms with Crippen LogP contribution in [0.15, 0.2) is 46.6 Å². The Balaban J connectivity index is 1.88. The van der Waals surface area contributed by atoms with Crippen LogP contribution in [0.2, 0.25) is 0 Å². The van der Waals surface area contributed by atoms with E-state index in [4.69, 9.17) is 14.2 Å². The van der Waals surface area contributed by atoms with Gasteiger partial charge in [0.25, 0.3) is 0 Å². The zero-order chi connectivity index (χ0) is 20.8. The lowest BCUT2D eigenvalue weighted by atomic mass is 10.0. The van der Waals surface area contributed by atoms with E-state index in [1.165, 1.54) is 0 Å². The number of nitrogens with zero attached hydrogens (tertiary/aromatic N) is 1. The molecule has 1 heterocycles. The molecule has 0 aliphatic carbocycles. The Morgan fingerprint density at radius 1 is 1.07 bits per heavy atom. The smallest absolute Gasteiger partial charge is 0.231 e. The lowest BCUT2D eigenvalue weighted by molar-refractivity contribution is 0.101. The summed E-state index contributed by atoms with van der Waals surface area (Å²) in [6.45, 7) is 2.85. The van der Waals surface area contributed by atoms with Crippen LogP contribution in [0.5, 0.6) is 11.5 Å². The number of hydrogen-bond acceptors (Lipinski definition) is 6. The first-order chi connectivity index (χ1) is 14.0. The van der Waals surface area contributed by atoms with E-state index in [1.54, 1.807) is 32.4 Å².